The highest BCUT2D eigenvalue weighted by atomic mass is 16.3. The molecule has 3 rings (SSSR count). The molecule has 6 nitrogen and oxygen atoms in total. The van der Waals surface area contributed by atoms with Gasteiger partial charge in [-0.15, -0.1) is 0 Å². The summed E-state index contributed by atoms with van der Waals surface area (Å²) in [4.78, 5) is 19.1. The molecule has 2 atom stereocenters. The first-order chi connectivity index (χ1) is 11.0. The first-order valence-corrected chi connectivity index (χ1v) is 8.20. The van der Waals surface area contributed by atoms with Crippen molar-refractivity contribution >= 4 is 16.9 Å². The summed E-state index contributed by atoms with van der Waals surface area (Å²) in [6, 6.07) is 1.82. The molecule has 1 fully saturated rings. The van der Waals surface area contributed by atoms with Crippen LogP contribution in [0.15, 0.2) is 12.3 Å². The number of fused-ring (bicyclic) bond motifs is 1. The largest absolute Gasteiger partial charge is 0.393 e. The average molecular weight is 316 g/mol. The van der Waals surface area contributed by atoms with Gasteiger partial charge in [-0.3, -0.25) is 9.48 Å². The predicted octanol–water partition coefficient (Wildman–Crippen LogP) is 1.90. The Morgan fingerprint density at radius 1 is 1.43 bits per heavy atom. The van der Waals surface area contributed by atoms with Gasteiger partial charge in [-0.25, -0.2) is 4.98 Å². The van der Waals surface area contributed by atoms with Crippen molar-refractivity contribution in [2.75, 3.05) is 13.6 Å². The number of rotatable bonds is 3. The van der Waals surface area contributed by atoms with Gasteiger partial charge in [0, 0.05) is 32.3 Å². The van der Waals surface area contributed by atoms with Gasteiger partial charge in [0.05, 0.1) is 23.3 Å². The molecule has 2 aromatic heterocycles. The number of pyridine rings is 1. The zero-order chi connectivity index (χ0) is 16.6. The molecule has 1 aliphatic carbocycles. The lowest BCUT2D eigenvalue weighted by Gasteiger charge is -2.31. The molecule has 6 heteroatoms. The van der Waals surface area contributed by atoms with Crippen molar-refractivity contribution in [3.63, 3.8) is 0 Å². The SMILES string of the molecule is Cc1cc(C(=O)N(C)CC2CCCCC2O)c2cnn(C)c2n1. The van der Waals surface area contributed by atoms with E-state index in [-0.39, 0.29) is 17.9 Å². The third kappa shape index (κ3) is 3.08. The molecular weight excluding hydrogens is 292 g/mol. The highest BCUT2D eigenvalue weighted by molar-refractivity contribution is 6.05. The number of carbonyl (C=O) groups excluding carboxylic acids is 1. The highest BCUT2D eigenvalue weighted by Gasteiger charge is 2.27. The van der Waals surface area contributed by atoms with Gasteiger partial charge in [-0.2, -0.15) is 5.10 Å². The second-order valence-corrected chi connectivity index (χ2v) is 6.61. The fourth-order valence-electron chi connectivity index (χ4n) is 3.46. The minimum atomic E-state index is -0.295. The van der Waals surface area contributed by atoms with Crippen LogP contribution < -0.4 is 0 Å². The Morgan fingerprint density at radius 3 is 2.91 bits per heavy atom. The van der Waals surface area contributed by atoms with Gasteiger partial charge in [0.2, 0.25) is 0 Å². The molecule has 1 amide bonds. The average Bonchev–Trinajstić information content (AvgIpc) is 2.89. The van der Waals surface area contributed by atoms with Crippen molar-refractivity contribution in [3.05, 3.63) is 23.5 Å². The van der Waals surface area contributed by atoms with E-state index in [1.165, 1.54) is 0 Å². The van der Waals surface area contributed by atoms with E-state index in [1.807, 2.05) is 27.1 Å². The van der Waals surface area contributed by atoms with Gasteiger partial charge < -0.3 is 10.0 Å². The van der Waals surface area contributed by atoms with E-state index >= 15 is 0 Å². The summed E-state index contributed by atoms with van der Waals surface area (Å²) >= 11 is 0. The van der Waals surface area contributed by atoms with E-state index < -0.39 is 0 Å². The Kier molecular flexibility index (Phi) is 4.35. The van der Waals surface area contributed by atoms with E-state index in [0.29, 0.717) is 12.1 Å². The van der Waals surface area contributed by atoms with Crippen LogP contribution in [0.1, 0.15) is 41.7 Å². The molecule has 1 N–H and O–H groups in total. The summed E-state index contributed by atoms with van der Waals surface area (Å²) < 4.78 is 1.68. The van der Waals surface area contributed by atoms with Crippen molar-refractivity contribution in [3.8, 4) is 0 Å². The van der Waals surface area contributed by atoms with E-state index in [4.69, 9.17) is 0 Å². The molecule has 124 valence electrons. The van der Waals surface area contributed by atoms with Gasteiger partial charge in [0.15, 0.2) is 5.65 Å². The molecular formula is C17H24N4O2. The van der Waals surface area contributed by atoms with Crippen LogP contribution in [0.5, 0.6) is 0 Å². The van der Waals surface area contributed by atoms with E-state index in [1.54, 1.807) is 15.8 Å². The number of hydrogen-bond donors (Lipinski definition) is 1. The molecule has 2 unspecified atom stereocenters. The molecule has 2 aromatic rings. The van der Waals surface area contributed by atoms with Crippen molar-refractivity contribution < 1.29 is 9.90 Å². The van der Waals surface area contributed by atoms with Crippen LogP contribution in [0.25, 0.3) is 11.0 Å². The third-order valence-electron chi connectivity index (χ3n) is 4.79. The summed E-state index contributed by atoms with van der Waals surface area (Å²) in [7, 11) is 3.63. The molecule has 0 aliphatic heterocycles. The molecule has 0 bridgehead atoms. The predicted molar refractivity (Wildman–Crippen MR) is 88.2 cm³/mol. The monoisotopic (exact) mass is 316 g/mol. The Balaban J connectivity index is 1.85. The molecule has 1 saturated carbocycles. The van der Waals surface area contributed by atoms with Gasteiger partial charge in [0.25, 0.3) is 5.91 Å². The van der Waals surface area contributed by atoms with Crippen LogP contribution in [0.3, 0.4) is 0 Å². The standard InChI is InChI=1S/C17H24N4O2/c1-11-8-13(14-9-18-21(3)16(14)19-11)17(23)20(2)10-12-6-4-5-7-15(12)22/h8-9,12,15,22H,4-7,10H2,1-3H3. The normalized spacial score (nSPS) is 21.6. The van der Waals surface area contributed by atoms with Gasteiger partial charge >= 0.3 is 0 Å². The van der Waals surface area contributed by atoms with E-state index in [0.717, 1.165) is 42.4 Å². The lowest BCUT2D eigenvalue weighted by Crippen LogP contribution is -2.38. The first kappa shape index (κ1) is 15.9. The van der Waals surface area contributed by atoms with E-state index in [2.05, 4.69) is 10.1 Å². The van der Waals surface area contributed by atoms with Gasteiger partial charge in [0.1, 0.15) is 0 Å². The minimum absolute atomic E-state index is 0.0359. The number of aryl methyl sites for hydroxylation is 2. The summed E-state index contributed by atoms with van der Waals surface area (Å²) in [5, 5.41) is 15.1. The second kappa shape index (κ2) is 6.28. The summed E-state index contributed by atoms with van der Waals surface area (Å²) in [6.45, 7) is 2.47. The Morgan fingerprint density at radius 2 is 2.17 bits per heavy atom. The fraction of sp³-hybridized carbons (Fsp3) is 0.588. The van der Waals surface area contributed by atoms with Crippen LogP contribution >= 0.6 is 0 Å². The van der Waals surface area contributed by atoms with E-state index in [9.17, 15) is 9.90 Å². The zero-order valence-corrected chi connectivity index (χ0v) is 14.0. The molecule has 0 saturated heterocycles. The second-order valence-electron chi connectivity index (χ2n) is 6.61. The maximum Gasteiger partial charge on any atom is 0.254 e. The minimum Gasteiger partial charge on any atom is -0.393 e. The fourth-order valence-corrected chi connectivity index (χ4v) is 3.46. The maximum absolute atomic E-state index is 12.9. The number of aliphatic hydroxyl groups excluding tert-OH is 1. The molecule has 2 heterocycles. The van der Waals surface area contributed by atoms with Crippen LogP contribution in [-0.2, 0) is 7.05 Å². The van der Waals surface area contributed by atoms with Crippen molar-refractivity contribution in [1.29, 1.82) is 0 Å². The lowest BCUT2D eigenvalue weighted by molar-refractivity contribution is 0.0452. The van der Waals surface area contributed by atoms with Crippen LogP contribution in [-0.4, -0.2) is 50.4 Å². The van der Waals surface area contributed by atoms with Crippen LogP contribution in [0.2, 0.25) is 0 Å². The Hall–Kier alpha value is -1.95. The van der Waals surface area contributed by atoms with Crippen LogP contribution in [0, 0.1) is 12.8 Å². The highest BCUT2D eigenvalue weighted by Crippen LogP contribution is 2.26. The number of amides is 1. The number of aromatic nitrogens is 3. The molecule has 0 aromatic carbocycles. The smallest absolute Gasteiger partial charge is 0.254 e. The summed E-state index contributed by atoms with van der Waals surface area (Å²) in [5.74, 6) is 0.135. The molecule has 0 spiro atoms. The van der Waals surface area contributed by atoms with Gasteiger partial charge in [-0.05, 0) is 25.8 Å². The number of carbonyl (C=O) groups is 1. The third-order valence-corrected chi connectivity index (χ3v) is 4.79. The van der Waals surface area contributed by atoms with Crippen molar-refractivity contribution in [2.45, 2.75) is 38.7 Å². The zero-order valence-electron chi connectivity index (χ0n) is 14.0. The Labute approximate surface area is 136 Å². The van der Waals surface area contributed by atoms with Crippen molar-refractivity contribution in [1.82, 2.24) is 19.7 Å². The quantitative estimate of drug-likeness (QED) is 0.939. The molecule has 0 radical (unpaired) electrons. The summed E-state index contributed by atoms with van der Waals surface area (Å²) in [5.41, 5.74) is 2.16. The number of aliphatic hydroxyl groups is 1. The summed E-state index contributed by atoms with van der Waals surface area (Å²) in [6.07, 6.45) is 5.43. The van der Waals surface area contributed by atoms with Crippen molar-refractivity contribution in [2.24, 2.45) is 13.0 Å². The maximum atomic E-state index is 12.9. The van der Waals surface area contributed by atoms with Crippen LogP contribution in [0.4, 0.5) is 0 Å². The Bertz CT molecular complexity index is 725. The first-order valence-electron chi connectivity index (χ1n) is 8.20. The van der Waals surface area contributed by atoms with Gasteiger partial charge in [-0.1, -0.05) is 12.8 Å². The topological polar surface area (TPSA) is 71.2 Å². The molecule has 1 aliphatic rings. The number of nitrogens with zero attached hydrogens (tertiary/aromatic N) is 4. The molecule has 23 heavy (non-hydrogen) atoms. The number of hydrogen-bond acceptors (Lipinski definition) is 4. The lowest BCUT2D eigenvalue weighted by atomic mass is 9.86.